The van der Waals surface area contributed by atoms with Crippen LogP contribution in [0.15, 0.2) is 42.5 Å². The second kappa shape index (κ2) is 7.43. The summed E-state index contributed by atoms with van der Waals surface area (Å²) in [5.41, 5.74) is 3.05. The van der Waals surface area contributed by atoms with Gasteiger partial charge in [0.15, 0.2) is 11.5 Å². The fourth-order valence-corrected chi connectivity index (χ4v) is 3.66. The molecule has 1 unspecified atom stereocenters. The maximum Gasteiger partial charge on any atom is 0.231 e. The van der Waals surface area contributed by atoms with Crippen molar-refractivity contribution in [1.82, 2.24) is 5.32 Å². The topological polar surface area (TPSA) is 67.9 Å². The molecular weight excluding hydrogens is 368 g/mol. The lowest BCUT2D eigenvalue weighted by atomic mass is 9.87. The van der Waals surface area contributed by atoms with E-state index in [1.807, 2.05) is 30.3 Å². The molecule has 1 fully saturated rings. The van der Waals surface area contributed by atoms with Crippen molar-refractivity contribution in [3.63, 3.8) is 0 Å². The smallest absolute Gasteiger partial charge is 0.231 e. The molecule has 0 bridgehead atoms. The summed E-state index contributed by atoms with van der Waals surface area (Å²) in [5, 5.41) is 2.94. The van der Waals surface area contributed by atoms with Gasteiger partial charge in [0.05, 0.1) is 5.92 Å². The molecule has 152 valence electrons. The van der Waals surface area contributed by atoms with Gasteiger partial charge in [0.2, 0.25) is 18.6 Å². The van der Waals surface area contributed by atoms with Crippen molar-refractivity contribution in [2.75, 3.05) is 18.2 Å². The third kappa shape index (κ3) is 4.06. The molecule has 2 heterocycles. The Balaban J connectivity index is 1.36. The van der Waals surface area contributed by atoms with E-state index >= 15 is 0 Å². The molecule has 2 amide bonds. The van der Waals surface area contributed by atoms with Crippen LogP contribution in [-0.2, 0) is 21.5 Å². The number of amides is 2. The number of fused-ring (bicyclic) bond motifs is 1. The summed E-state index contributed by atoms with van der Waals surface area (Å²) < 4.78 is 10.7. The fourth-order valence-electron chi connectivity index (χ4n) is 3.66. The monoisotopic (exact) mass is 394 g/mol. The summed E-state index contributed by atoms with van der Waals surface area (Å²) in [6.07, 6.45) is 0.230. The highest BCUT2D eigenvalue weighted by atomic mass is 16.7. The van der Waals surface area contributed by atoms with Crippen molar-refractivity contribution in [2.24, 2.45) is 5.92 Å². The zero-order valence-electron chi connectivity index (χ0n) is 17.0. The van der Waals surface area contributed by atoms with Crippen molar-refractivity contribution >= 4 is 17.5 Å². The van der Waals surface area contributed by atoms with Crippen molar-refractivity contribution in [1.29, 1.82) is 0 Å². The number of hydrogen-bond donors (Lipinski definition) is 1. The molecular formula is C23H26N2O4. The third-order valence-corrected chi connectivity index (χ3v) is 5.44. The van der Waals surface area contributed by atoms with Crippen molar-refractivity contribution in [3.05, 3.63) is 53.6 Å². The molecule has 2 aliphatic rings. The maximum absolute atomic E-state index is 12.6. The van der Waals surface area contributed by atoms with Gasteiger partial charge in [-0.15, -0.1) is 0 Å². The second-order valence-corrected chi connectivity index (χ2v) is 8.61. The Bertz CT molecular complexity index is 931. The van der Waals surface area contributed by atoms with E-state index in [4.69, 9.17) is 9.47 Å². The van der Waals surface area contributed by atoms with Gasteiger partial charge < -0.3 is 19.7 Å². The van der Waals surface area contributed by atoms with E-state index in [-0.39, 0.29) is 36.4 Å². The largest absolute Gasteiger partial charge is 0.454 e. The Morgan fingerprint density at radius 3 is 2.55 bits per heavy atom. The Hall–Kier alpha value is -3.02. The second-order valence-electron chi connectivity index (χ2n) is 8.61. The van der Waals surface area contributed by atoms with E-state index in [2.05, 4.69) is 38.2 Å². The first-order valence-corrected chi connectivity index (χ1v) is 9.88. The van der Waals surface area contributed by atoms with Gasteiger partial charge in [-0.1, -0.05) is 39.0 Å². The van der Waals surface area contributed by atoms with Crippen LogP contribution >= 0.6 is 0 Å². The number of carbonyl (C=O) groups is 2. The van der Waals surface area contributed by atoms with Crippen LogP contribution in [0.2, 0.25) is 0 Å². The average molecular weight is 394 g/mol. The lowest BCUT2D eigenvalue weighted by molar-refractivity contribution is -0.126. The highest BCUT2D eigenvalue weighted by Gasteiger charge is 2.35. The van der Waals surface area contributed by atoms with Crippen LogP contribution in [0.5, 0.6) is 11.5 Å². The highest BCUT2D eigenvalue weighted by Crippen LogP contribution is 2.32. The van der Waals surface area contributed by atoms with Crippen LogP contribution in [0.3, 0.4) is 0 Å². The molecule has 0 spiro atoms. The predicted octanol–water partition coefficient (Wildman–Crippen LogP) is 3.38. The minimum atomic E-state index is -0.348. The van der Waals surface area contributed by atoms with E-state index < -0.39 is 0 Å². The predicted molar refractivity (Wildman–Crippen MR) is 110 cm³/mol. The molecule has 29 heavy (non-hydrogen) atoms. The SMILES string of the molecule is CC(C)(C)c1ccc(N2CC(C(=O)NCc3ccc4c(c3)OCO4)CC2=O)cc1. The van der Waals surface area contributed by atoms with Crippen LogP contribution in [0.1, 0.15) is 38.3 Å². The van der Waals surface area contributed by atoms with Crippen LogP contribution < -0.4 is 19.7 Å². The molecule has 2 aromatic carbocycles. The number of ether oxygens (including phenoxy) is 2. The lowest BCUT2D eigenvalue weighted by Gasteiger charge is -2.21. The fraction of sp³-hybridized carbons (Fsp3) is 0.391. The summed E-state index contributed by atoms with van der Waals surface area (Å²) in [6, 6.07) is 13.6. The van der Waals surface area contributed by atoms with Crippen LogP contribution in [0.25, 0.3) is 0 Å². The number of nitrogens with zero attached hydrogens (tertiary/aromatic N) is 1. The van der Waals surface area contributed by atoms with E-state index in [1.165, 1.54) is 5.56 Å². The molecule has 0 radical (unpaired) electrons. The summed E-state index contributed by atoms with van der Waals surface area (Å²) >= 11 is 0. The molecule has 1 saturated heterocycles. The number of benzene rings is 2. The molecule has 6 nitrogen and oxygen atoms in total. The summed E-state index contributed by atoms with van der Waals surface area (Å²) in [7, 11) is 0. The van der Waals surface area contributed by atoms with E-state index in [1.54, 1.807) is 4.90 Å². The summed E-state index contributed by atoms with van der Waals surface area (Å²) in [5.74, 6) is 0.938. The molecule has 0 aliphatic carbocycles. The Kier molecular flexibility index (Phi) is 4.94. The number of anilines is 1. The van der Waals surface area contributed by atoms with Crippen molar-refractivity contribution in [3.8, 4) is 11.5 Å². The highest BCUT2D eigenvalue weighted by molar-refractivity contribution is 6.00. The van der Waals surface area contributed by atoms with E-state index in [0.717, 1.165) is 17.0 Å². The summed E-state index contributed by atoms with van der Waals surface area (Å²) in [4.78, 5) is 26.8. The van der Waals surface area contributed by atoms with Crippen LogP contribution in [0.4, 0.5) is 5.69 Å². The Morgan fingerprint density at radius 2 is 1.83 bits per heavy atom. The van der Waals surface area contributed by atoms with Gasteiger partial charge in [0.1, 0.15) is 0 Å². The van der Waals surface area contributed by atoms with E-state index in [0.29, 0.717) is 18.8 Å². The number of carbonyl (C=O) groups excluding carboxylic acids is 2. The zero-order valence-corrected chi connectivity index (χ0v) is 17.0. The molecule has 2 aromatic rings. The Morgan fingerprint density at radius 1 is 1.10 bits per heavy atom. The maximum atomic E-state index is 12.6. The first-order valence-electron chi connectivity index (χ1n) is 9.88. The van der Waals surface area contributed by atoms with Crippen molar-refractivity contribution in [2.45, 2.75) is 39.2 Å². The Labute approximate surface area is 170 Å². The molecule has 1 atom stereocenters. The standard InChI is InChI=1S/C23H26N2O4/c1-23(2,3)17-5-7-18(8-6-17)25-13-16(11-21(25)26)22(27)24-12-15-4-9-19-20(10-15)29-14-28-19/h4-10,16H,11-14H2,1-3H3,(H,24,27). The number of nitrogens with one attached hydrogen (secondary N) is 1. The minimum Gasteiger partial charge on any atom is -0.454 e. The van der Waals surface area contributed by atoms with Gasteiger partial charge in [0.25, 0.3) is 0 Å². The molecule has 0 saturated carbocycles. The van der Waals surface area contributed by atoms with Gasteiger partial charge in [-0.3, -0.25) is 9.59 Å². The van der Waals surface area contributed by atoms with Crippen LogP contribution in [-0.4, -0.2) is 25.2 Å². The van der Waals surface area contributed by atoms with E-state index in [9.17, 15) is 9.59 Å². The first-order chi connectivity index (χ1) is 13.8. The summed E-state index contributed by atoms with van der Waals surface area (Å²) in [6.45, 7) is 7.49. The van der Waals surface area contributed by atoms with Gasteiger partial charge in [0, 0.05) is 25.2 Å². The molecule has 6 heteroatoms. The quantitative estimate of drug-likeness (QED) is 0.863. The zero-order chi connectivity index (χ0) is 20.6. The van der Waals surface area contributed by atoms with Gasteiger partial charge in [-0.25, -0.2) is 0 Å². The van der Waals surface area contributed by atoms with Crippen LogP contribution in [0, 0.1) is 5.92 Å². The third-order valence-electron chi connectivity index (χ3n) is 5.44. The molecule has 2 aliphatic heterocycles. The lowest BCUT2D eigenvalue weighted by Crippen LogP contribution is -2.32. The minimum absolute atomic E-state index is 0.0169. The first kappa shape index (κ1) is 19.3. The average Bonchev–Trinajstić information content (AvgIpc) is 3.31. The molecule has 1 N–H and O–H groups in total. The normalized spacial score (nSPS) is 18.2. The molecule has 4 rings (SSSR count). The van der Waals surface area contributed by atoms with Gasteiger partial charge in [-0.05, 0) is 40.8 Å². The van der Waals surface area contributed by atoms with Crippen molar-refractivity contribution < 1.29 is 19.1 Å². The molecule has 0 aromatic heterocycles. The number of hydrogen-bond acceptors (Lipinski definition) is 4. The number of rotatable bonds is 4. The van der Waals surface area contributed by atoms with Gasteiger partial charge >= 0.3 is 0 Å². The van der Waals surface area contributed by atoms with Gasteiger partial charge in [-0.2, -0.15) is 0 Å².